The number of phenolic OH excluding ortho intramolecular Hbond substituents is 1. The van der Waals surface area contributed by atoms with Gasteiger partial charge < -0.3 is 20.7 Å². The molecule has 5 heteroatoms. The van der Waals surface area contributed by atoms with E-state index in [2.05, 4.69) is 0 Å². The standard InChI is InChI=1S/C13H17NO4/c14-10-7-9-8(3-1-4-11(9)15)13(10)18-6-2-5-12(16)17/h1,3-4,10,13,15H,2,5-7,14H2,(H,16,17). The Morgan fingerprint density at radius 1 is 1.50 bits per heavy atom. The Labute approximate surface area is 105 Å². The molecule has 0 spiro atoms. The summed E-state index contributed by atoms with van der Waals surface area (Å²) in [6, 6.07) is 5.11. The van der Waals surface area contributed by atoms with Crippen LogP contribution < -0.4 is 5.73 Å². The van der Waals surface area contributed by atoms with Crippen LogP contribution in [-0.4, -0.2) is 28.8 Å². The molecule has 1 aliphatic carbocycles. The summed E-state index contributed by atoms with van der Waals surface area (Å²) in [7, 11) is 0. The monoisotopic (exact) mass is 251 g/mol. The van der Waals surface area contributed by atoms with Gasteiger partial charge in [-0.05, 0) is 24.5 Å². The molecule has 2 unspecified atom stereocenters. The van der Waals surface area contributed by atoms with E-state index in [4.69, 9.17) is 15.6 Å². The van der Waals surface area contributed by atoms with Crippen molar-refractivity contribution in [3.63, 3.8) is 0 Å². The van der Waals surface area contributed by atoms with E-state index in [1.165, 1.54) is 0 Å². The number of benzene rings is 1. The lowest BCUT2D eigenvalue weighted by atomic mass is 10.1. The Morgan fingerprint density at radius 2 is 2.28 bits per heavy atom. The van der Waals surface area contributed by atoms with Crippen molar-refractivity contribution < 1.29 is 19.7 Å². The maximum absolute atomic E-state index is 10.4. The number of fused-ring (bicyclic) bond motifs is 1. The number of aliphatic carboxylic acids is 1. The average molecular weight is 251 g/mol. The lowest BCUT2D eigenvalue weighted by Gasteiger charge is -2.17. The van der Waals surface area contributed by atoms with Gasteiger partial charge in [-0.3, -0.25) is 4.79 Å². The van der Waals surface area contributed by atoms with E-state index in [1.54, 1.807) is 12.1 Å². The number of carboxylic acid groups (broad SMARTS) is 1. The van der Waals surface area contributed by atoms with Crippen molar-refractivity contribution in [2.24, 2.45) is 5.73 Å². The summed E-state index contributed by atoms with van der Waals surface area (Å²) in [5, 5.41) is 18.3. The van der Waals surface area contributed by atoms with Crippen LogP contribution in [0.5, 0.6) is 5.75 Å². The highest BCUT2D eigenvalue weighted by molar-refractivity contribution is 5.66. The fourth-order valence-corrected chi connectivity index (χ4v) is 2.30. The largest absolute Gasteiger partial charge is 0.508 e. The molecular formula is C13H17NO4. The molecule has 18 heavy (non-hydrogen) atoms. The molecule has 0 fully saturated rings. The molecule has 0 aliphatic heterocycles. The van der Waals surface area contributed by atoms with E-state index in [9.17, 15) is 9.90 Å². The molecule has 1 aromatic carbocycles. The zero-order chi connectivity index (χ0) is 13.1. The predicted octanol–water partition coefficient (Wildman–Crippen LogP) is 1.20. The van der Waals surface area contributed by atoms with Crippen LogP contribution in [0.4, 0.5) is 0 Å². The first-order valence-electron chi connectivity index (χ1n) is 5.99. The van der Waals surface area contributed by atoms with Crippen LogP contribution in [-0.2, 0) is 16.0 Å². The maximum Gasteiger partial charge on any atom is 0.303 e. The van der Waals surface area contributed by atoms with Gasteiger partial charge in [-0.15, -0.1) is 0 Å². The molecule has 0 saturated carbocycles. The molecule has 1 aliphatic rings. The molecule has 0 bridgehead atoms. The van der Waals surface area contributed by atoms with E-state index in [1.807, 2.05) is 6.07 Å². The molecule has 0 radical (unpaired) electrons. The summed E-state index contributed by atoms with van der Waals surface area (Å²) in [5.41, 5.74) is 7.74. The summed E-state index contributed by atoms with van der Waals surface area (Å²) in [5.74, 6) is -0.577. The van der Waals surface area contributed by atoms with Gasteiger partial charge in [0.25, 0.3) is 0 Å². The van der Waals surface area contributed by atoms with Crippen molar-refractivity contribution in [1.29, 1.82) is 0 Å². The third-order valence-corrected chi connectivity index (χ3v) is 3.16. The highest BCUT2D eigenvalue weighted by atomic mass is 16.5. The molecular weight excluding hydrogens is 234 g/mol. The molecule has 4 N–H and O–H groups in total. The van der Waals surface area contributed by atoms with Crippen LogP contribution in [0, 0.1) is 0 Å². The van der Waals surface area contributed by atoms with E-state index >= 15 is 0 Å². The SMILES string of the molecule is NC1Cc2c(O)cccc2C1OCCCC(=O)O. The Bertz CT molecular complexity index is 447. The average Bonchev–Trinajstić information content (AvgIpc) is 2.63. The second-order valence-corrected chi connectivity index (χ2v) is 4.50. The van der Waals surface area contributed by atoms with Gasteiger partial charge >= 0.3 is 5.97 Å². The number of phenols is 1. The second kappa shape index (κ2) is 5.37. The van der Waals surface area contributed by atoms with Gasteiger partial charge in [-0.1, -0.05) is 12.1 Å². The lowest BCUT2D eigenvalue weighted by Crippen LogP contribution is -2.27. The van der Waals surface area contributed by atoms with Crippen molar-refractivity contribution >= 4 is 5.97 Å². The molecule has 0 aromatic heterocycles. The number of nitrogens with two attached hydrogens (primary N) is 1. The summed E-state index contributed by atoms with van der Waals surface area (Å²) >= 11 is 0. The Kier molecular flexibility index (Phi) is 3.84. The highest BCUT2D eigenvalue weighted by Crippen LogP contribution is 2.37. The molecule has 0 heterocycles. The van der Waals surface area contributed by atoms with E-state index in [0.29, 0.717) is 19.4 Å². The van der Waals surface area contributed by atoms with Crippen molar-refractivity contribution in [2.75, 3.05) is 6.61 Å². The molecule has 98 valence electrons. The first-order chi connectivity index (χ1) is 8.59. The highest BCUT2D eigenvalue weighted by Gasteiger charge is 2.32. The Morgan fingerprint density at radius 3 is 3.00 bits per heavy atom. The number of carboxylic acids is 1. The van der Waals surface area contributed by atoms with Gasteiger partial charge in [0.1, 0.15) is 5.75 Å². The first kappa shape index (κ1) is 12.9. The summed E-state index contributed by atoms with van der Waals surface area (Å²) < 4.78 is 5.65. The normalized spacial score (nSPS) is 21.8. The zero-order valence-corrected chi connectivity index (χ0v) is 10.0. The van der Waals surface area contributed by atoms with Crippen molar-refractivity contribution in [1.82, 2.24) is 0 Å². The third kappa shape index (κ3) is 2.63. The van der Waals surface area contributed by atoms with Crippen molar-refractivity contribution in [2.45, 2.75) is 31.4 Å². The summed E-state index contributed by atoms with van der Waals surface area (Å²) in [6.45, 7) is 0.361. The molecule has 2 atom stereocenters. The van der Waals surface area contributed by atoms with Crippen molar-refractivity contribution in [3.05, 3.63) is 29.3 Å². The van der Waals surface area contributed by atoms with E-state index in [-0.39, 0.29) is 24.3 Å². The smallest absolute Gasteiger partial charge is 0.303 e. The number of ether oxygens (including phenoxy) is 1. The molecule has 2 rings (SSSR count). The fraction of sp³-hybridized carbons (Fsp3) is 0.462. The molecule has 1 aromatic rings. The lowest BCUT2D eigenvalue weighted by molar-refractivity contribution is -0.137. The zero-order valence-electron chi connectivity index (χ0n) is 10.0. The van der Waals surface area contributed by atoms with Gasteiger partial charge in [0.05, 0.1) is 6.10 Å². The quantitative estimate of drug-likeness (QED) is 0.684. The van der Waals surface area contributed by atoms with Crippen LogP contribution in [0.25, 0.3) is 0 Å². The maximum atomic E-state index is 10.4. The Hall–Kier alpha value is -1.59. The first-order valence-corrected chi connectivity index (χ1v) is 5.99. The minimum atomic E-state index is -0.827. The Balaban J connectivity index is 1.98. The third-order valence-electron chi connectivity index (χ3n) is 3.16. The van der Waals surface area contributed by atoms with Gasteiger partial charge in [0.15, 0.2) is 0 Å². The van der Waals surface area contributed by atoms with Gasteiger partial charge in [-0.25, -0.2) is 0 Å². The van der Waals surface area contributed by atoms with Crippen LogP contribution in [0.1, 0.15) is 30.1 Å². The van der Waals surface area contributed by atoms with Crippen LogP contribution in [0.15, 0.2) is 18.2 Å². The number of hydrogen-bond donors (Lipinski definition) is 3. The second-order valence-electron chi connectivity index (χ2n) is 4.50. The van der Waals surface area contributed by atoms with Crippen LogP contribution in [0.3, 0.4) is 0 Å². The van der Waals surface area contributed by atoms with E-state index < -0.39 is 5.97 Å². The number of hydrogen-bond acceptors (Lipinski definition) is 4. The van der Waals surface area contributed by atoms with Crippen molar-refractivity contribution in [3.8, 4) is 5.75 Å². The number of carbonyl (C=O) groups is 1. The molecule has 0 amide bonds. The topological polar surface area (TPSA) is 92.8 Å². The fourth-order valence-electron chi connectivity index (χ4n) is 2.30. The predicted molar refractivity (Wildman–Crippen MR) is 65.3 cm³/mol. The van der Waals surface area contributed by atoms with E-state index in [0.717, 1.165) is 11.1 Å². The minimum Gasteiger partial charge on any atom is -0.508 e. The minimum absolute atomic E-state index is 0.0921. The van der Waals surface area contributed by atoms with Crippen LogP contribution in [0.2, 0.25) is 0 Å². The summed E-state index contributed by atoms with van der Waals surface area (Å²) in [4.78, 5) is 10.4. The van der Waals surface area contributed by atoms with Crippen LogP contribution >= 0.6 is 0 Å². The van der Waals surface area contributed by atoms with Gasteiger partial charge in [0.2, 0.25) is 0 Å². The van der Waals surface area contributed by atoms with Gasteiger partial charge in [0, 0.05) is 24.6 Å². The van der Waals surface area contributed by atoms with Gasteiger partial charge in [-0.2, -0.15) is 0 Å². The molecule has 0 saturated heterocycles. The number of aromatic hydroxyl groups is 1. The molecule has 5 nitrogen and oxygen atoms in total. The summed E-state index contributed by atoms with van der Waals surface area (Å²) in [6.07, 6.45) is 0.897. The number of rotatable bonds is 5.